The van der Waals surface area contributed by atoms with Gasteiger partial charge in [-0.05, 0) is 36.8 Å². The molecule has 3 heterocycles. The summed E-state index contributed by atoms with van der Waals surface area (Å²) in [5.41, 5.74) is 3.86. The van der Waals surface area contributed by atoms with Crippen molar-refractivity contribution < 1.29 is 14.3 Å². The molecule has 0 bridgehead atoms. The lowest BCUT2D eigenvalue weighted by Gasteiger charge is -1.96. The molecular weight excluding hydrogens is 320 g/mol. The van der Waals surface area contributed by atoms with Gasteiger partial charge in [-0.25, -0.2) is 14.8 Å². The predicted octanol–water partition coefficient (Wildman–Crippen LogP) is 3.47. The predicted molar refractivity (Wildman–Crippen MR) is 91.1 cm³/mol. The van der Waals surface area contributed by atoms with Crippen molar-refractivity contribution in [1.29, 1.82) is 0 Å². The first-order valence-electron chi connectivity index (χ1n) is 7.77. The molecule has 3 aromatic heterocycles. The molecule has 0 saturated carbocycles. The number of pyridine rings is 1. The maximum absolute atomic E-state index is 11.1. The van der Waals surface area contributed by atoms with E-state index < -0.39 is 5.97 Å². The van der Waals surface area contributed by atoms with E-state index in [2.05, 4.69) is 15.1 Å². The molecule has 0 fully saturated rings. The zero-order valence-corrected chi connectivity index (χ0v) is 13.4. The van der Waals surface area contributed by atoms with Gasteiger partial charge in [-0.2, -0.15) is 5.10 Å². The highest BCUT2D eigenvalue weighted by Gasteiger charge is 2.13. The molecule has 1 aromatic carbocycles. The van der Waals surface area contributed by atoms with E-state index in [4.69, 9.17) is 9.52 Å². The van der Waals surface area contributed by atoms with E-state index >= 15 is 0 Å². The number of carbonyl (C=O) groups is 1. The zero-order chi connectivity index (χ0) is 17.4. The normalized spacial score (nSPS) is 11.1. The molecule has 0 amide bonds. The first-order chi connectivity index (χ1) is 12.1. The summed E-state index contributed by atoms with van der Waals surface area (Å²) in [5.74, 6) is -0.727. The highest BCUT2D eigenvalue weighted by atomic mass is 16.4. The van der Waals surface area contributed by atoms with E-state index in [1.807, 2.05) is 42.2 Å². The first-order valence-corrected chi connectivity index (χ1v) is 7.77. The third-order valence-corrected chi connectivity index (χ3v) is 3.90. The number of fused-ring (bicyclic) bond motifs is 1. The summed E-state index contributed by atoms with van der Waals surface area (Å²) in [4.78, 5) is 19.3. The van der Waals surface area contributed by atoms with Crippen molar-refractivity contribution in [3.63, 3.8) is 0 Å². The van der Waals surface area contributed by atoms with E-state index in [9.17, 15) is 4.79 Å². The van der Waals surface area contributed by atoms with Crippen LogP contribution >= 0.6 is 0 Å². The molecule has 4 rings (SSSR count). The fraction of sp³-hybridized carbons (Fsp3) is 0.111. The van der Waals surface area contributed by atoms with Gasteiger partial charge in [-0.1, -0.05) is 6.07 Å². The van der Waals surface area contributed by atoms with Gasteiger partial charge in [0, 0.05) is 30.1 Å². The van der Waals surface area contributed by atoms with Gasteiger partial charge in [0.05, 0.1) is 6.20 Å². The molecule has 124 valence electrons. The van der Waals surface area contributed by atoms with Crippen LogP contribution in [-0.4, -0.2) is 30.8 Å². The SMILES string of the molecule is CCn1cc(-c2ccc3oc(-c4ccnc(C(=O)O)c4)nc3c2)cn1. The maximum Gasteiger partial charge on any atom is 0.354 e. The number of rotatable bonds is 4. The van der Waals surface area contributed by atoms with Crippen LogP contribution in [0, 0.1) is 0 Å². The average Bonchev–Trinajstić information content (AvgIpc) is 3.27. The van der Waals surface area contributed by atoms with Crippen LogP contribution in [0.1, 0.15) is 17.4 Å². The van der Waals surface area contributed by atoms with Crippen molar-refractivity contribution in [1.82, 2.24) is 19.7 Å². The summed E-state index contributed by atoms with van der Waals surface area (Å²) in [6.07, 6.45) is 5.22. The van der Waals surface area contributed by atoms with Crippen LogP contribution in [0.4, 0.5) is 0 Å². The molecule has 0 aliphatic carbocycles. The van der Waals surface area contributed by atoms with Gasteiger partial charge in [-0.3, -0.25) is 4.68 Å². The molecule has 0 aliphatic heterocycles. The lowest BCUT2D eigenvalue weighted by atomic mass is 10.1. The molecule has 7 heteroatoms. The molecule has 25 heavy (non-hydrogen) atoms. The van der Waals surface area contributed by atoms with Gasteiger partial charge in [0.1, 0.15) is 11.2 Å². The number of carboxylic acid groups (broad SMARTS) is 1. The third-order valence-electron chi connectivity index (χ3n) is 3.90. The Morgan fingerprint density at radius 3 is 2.84 bits per heavy atom. The number of hydrogen-bond acceptors (Lipinski definition) is 5. The summed E-state index contributed by atoms with van der Waals surface area (Å²) in [6.45, 7) is 2.84. The quantitative estimate of drug-likeness (QED) is 0.614. The second kappa shape index (κ2) is 5.86. The number of nitrogens with zero attached hydrogens (tertiary/aromatic N) is 4. The number of hydrogen-bond donors (Lipinski definition) is 1. The molecule has 0 spiro atoms. The monoisotopic (exact) mass is 334 g/mol. The van der Waals surface area contributed by atoms with Crippen molar-refractivity contribution in [2.24, 2.45) is 0 Å². The molecule has 0 atom stereocenters. The van der Waals surface area contributed by atoms with Crippen LogP contribution in [0.25, 0.3) is 33.7 Å². The molecule has 7 nitrogen and oxygen atoms in total. The average molecular weight is 334 g/mol. The Bertz CT molecular complexity index is 1080. The number of benzene rings is 1. The van der Waals surface area contributed by atoms with Crippen molar-refractivity contribution in [3.05, 3.63) is 54.6 Å². The van der Waals surface area contributed by atoms with Crippen molar-refractivity contribution in [3.8, 4) is 22.6 Å². The Morgan fingerprint density at radius 2 is 2.08 bits per heavy atom. The lowest BCUT2D eigenvalue weighted by Crippen LogP contribution is -1.99. The van der Waals surface area contributed by atoms with Crippen molar-refractivity contribution in [2.45, 2.75) is 13.5 Å². The third kappa shape index (κ3) is 2.76. The number of oxazole rings is 1. The Morgan fingerprint density at radius 1 is 1.20 bits per heavy atom. The van der Waals surface area contributed by atoms with Crippen LogP contribution in [0.2, 0.25) is 0 Å². The largest absolute Gasteiger partial charge is 0.477 e. The van der Waals surface area contributed by atoms with Gasteiger partial charge in [0.15, 0.2) is 5.58 Å². The molecule has 0 saturated heterocycles. The van der Waals surface area contributed by atoms with Crippen LogP contribution in [0.15, 0.2) is 53.3 Å². The van der Waals surface area contributed by atoms with Gasteiger partial charge < -0.3 is 9.52 Å². The molecule has 0 radical (unpaired) electrons. The molecule has 1 N–H and O–H groups in total. The fourth-order valence-corrected chi connectivity index (χ4v) is 2.60. The Balaban J connectivity index is 1.75. The van der Waals surface area contributed by atoms with E-state index in [0.717, 1.165) is 17.7 Å². The Kier molecular flexibility index (Phi) is 3.53. The van der Waals surface area contributed by atoms with Crippen LogP contribution < -0.4 is 0 Å². The van der Waals surface area contributed by atoms with E-state index in [1.54, 1.807) is 6.07 Å². The second-order valence-electron chi connectivity index (χ2n) is 5.52. The molecule has 0 unspecified atom stereocenters. The fourth-order valence-electron chi connectivity index (χ4n) is 2.60. The van der Waals surface area contributed by atoms with Gasteiger partial charge in [-0.15, -0.1) is 0 Å². The number of aromatic carboxylic acids is 1. The van der Waals surface area contributed by atoms with E-state index in [1.165, 1.54) is 12.3 Å². The Labute approximate surface area is 142 Å². The van der Waals surface area contributed by atoms with Crippen LogP contribution in [0.5, 0.6) is 0 Å². The van der Waals surface area contributed by atoms with Crippen molar-refractivity contribution in [2.75, 3.05) is 0 Å². The minimum Gasteiger partial charge on any atom is -0.477 e. The summed E-state index contributed by atoms with van der Waals surface area (Å²) in [6, 6.07) is 8.84. The summed E-state index contributed by atoms with van der Waals surface area (Å²) >= 11 is 0. The minimum atomic E-state index is -1.09. The van der Waals surface area contributed by atoms with Crippen LogP contribution in [0.3, 0.4) is 0 Å². The number of aryl methyl sites for hydroxylation is 1. The smallest absolute Gasteiger partial charge is 0.354 e. The lowest BCUT2D eigenvalue weighted by molar-refractivity contribution is 0.0690. The first kappa shape index (κ1) is 15.1. The summed E-state index contributed by atoms with van der Waals surface area (Å²) < 4.78 is 7.61. The standard InChI is InChI=1S/C18H14N4O3/c1-2-22-10-13(9-20-22)11-3-4-16-14(7-11)21-17(25-16)12-5-6-19-15(8-12)18(23)24/h3-10H,2H2,1H3,(H,23,24). The maximum atomic E-state index is 11.1. The zero-order valence-electron chi connectivity index (χ0n) is 13.4. The van der Waals surface area contributed by atoms with Gasteiger partial charge in [0.2, 0.25) is 5.89 Å². The van der Waals surface area contributed by atoms with Gasteiger partial charge in [0.25, 0.3) is 0 Å². The van der Waals surface area contributed by atoms with Gasteiger partial charge >= 0.3 is 5.97 Å². The topological polar surface area (TPSA) is 94.0 Å². The van der Waals surface area contributed by atoms with Crippen molar-refractivity contribution >= 4 is 17.1 Å². The molecular formula is C18H14N4O3. The Hall–Kier alpha value is -3.48. The minimum absolute atomic E-state index is 0.0487. The van der Waals surface area contributed by atoms with E-state index in [-0.39, 0.29) is 5.69 Å². The summed E-state index contributed by atoms with van der Waals surface area (Å²) in [5, 5.41) is 13.3. The van der Waals surface area contributed by atoms with E-state index in [0.29, 0.717) is 22.6 Å². The highest BCUT2D eigenvalue weighted by molar-refractivity contribution is 5.87. The summed E-state index contributed by atoms with van der Waals surface area (Å²) in [7, 11) is 0. The highest BCUT2D eigenvalue weighted by Crippen LogP contribution is 2.28. The van der Waals surface area contributed by atoms with Crippen LogP contribution in [-0.2, 0) is 6.54 Å². The second-order valence-corrected chi connectivity index (χ2v) is 5.52. The number of aromatic nitrogens is 4. The molecule has 4 aromatic rings. The number of carboxylic acids is 1. The molecule has 0 aliphatic rings.